The first-order chi connectivity index (χ1) is 21.9. The highest BCUT2D eigenvalue weighted by Crippen LogP contribution is 2.44. The zero-order chi connectivity index (χ0) is 30.7. The first kappa shape index (κ1) is 29.0. The van der Waals surface area contributed by atoms with E-state index in [2.05, 4.69) is 35.3 Å². The van der Waals surface area contributed by atoms with Gasteiger partial charge in [0.25, 0.3) is 6.43 Å². The summed E-state index contributed by atoms with van der Waals surface area (Å²) in [6.07, 6.45) is 8.44. The number of hydrogen-bond acceptors (Lipinski definition) is 8. The standard InChI is InChI=1S/C32H42F2N10O/c1-21(45)41-14-8-27-26(17-41)31(37-44(27)24-6-12-40(13-7-24)23-4-9-32(10-5-23)18-35-19-32)42-11-2-3-22-15-29(43-20-36-38-39-43)25(30(33)34)16-28(22)42/h15-16,20,23-24,30,35H,2-14,17-19H2,1H3. The van der Waals surface area contributed by atoms with Crippen LogP contribution in [0.5, 0.6) is 0 Å². The zero-order valence-corrected chi connectivity index (χ0v) is 26.0. The van der Waals surface area contributed by atoms with Crippen molar-refractivity contribution in [2.75, 3.05) is 44.2 Å². The first-order valence-electron chi connectivity index (χ1n) is 16.7. The third kappa shape index (κ3) is 5.11. The van der Waals surface area contributed by atoms with Crippen molar-refractivity contribution >= 4 is 17.4 Å². The Labute approximate surface area is 261 Å². The van der Waals surface area contributed by atoms with Crippen LogP contribution in [-0.2, 0) is 24.2 Å². The van der Waals surface area contributed by atoms with E-state index in [1.165, 1.54) is 55.5 Å². The minimum Gasteiger partial charge on any atom is -0.338 e. The lowest BCUT2D eigenvalue weighted by molar-refractivity contribution is -0.129. The van der Waals surface area contributed by atoms with E-state index in [0.717, 1.165) is 67.8 Å². The van der Waals surface area contributed by atoms with Crippen LogP contribution >= 0.6 is 0 Å². The van der Waals surface area contributed by atoms with E-state index < -0.39 is 6.43 Å². The minimum absolute atomic E-state index is 0.0460. The van der Waals surface area contributed by atoms with Crippen molar-refractivity contribution in [2.45, 2.75) is 89.8 Å². The molecule has 1 N–H and O–H groups in total. The molecule has 240 valence electrons. The summed E-state index contributed by atoms with van der Waals surface area (Å²) in [5.41, 5.74) is 4.75. The van der Waals surface area contributed by atoms with Crippen molar-refractivity contribution in [2.24, 2.45) is 5.41 Å². The summed E-state index contributed by atoms with van der Waals surface area (Å²) in [5, 5.41) is 20.0. The molecule has 11 nitrogen and oxygen atoms in total. The lowest BCUT2D eigenvalue weighted by atomic mass is 9.68. The summed E-state index contributed by atoms with van der Waals surface area (Å²) in [6, 6.07) is 4.38. The number of fused-ring (bicyclic) bond motifs is 2. The smallest absolute Gasteiger partial charge is 0.266 e. The van der Waals surface area contributed by atoms with Gasteiger partial charge in [0.05, 0.1) is 18.3 Å². The average Bonchev–Trinajstić information content (AvgIpc) is 3.72. The van der Waals surface area contributed by atoms with Crippen molar-refractivity contribution in [3.63, 3.8) is 0 Å². The first-order valence-corrected chi connectivity index (χ1v) is 16.7. The van der Waals surface area contributed by atoms with E-state index in [0.29, 0.717) is 42.8 Å². The molecule has 0 unspecified atom stereocenters. The number of rotatable bonds is 5. The Morgan fingerprint density at radius 3 is 2.47 bits per heavy atom. The maximum absolute atomic E-state index is 14.4. The summed E-state index contributed by atoms with van der Waals surface area (Å²) >= 11 is 0. The van der Waals surface area contributed by atoms with Gasteiger partial charge in [-0.3, -0.25) is 9.48 Å². The molecule has 13 heteroatoms. The number of nitrogens with one attached hydrogen (secondary N) is 1. The summed E-state index contributed by atoms with van der Waals surface area (Å²) in [5.74, 6) is 0.853. The number of nitrogens with zero attached hydrogens (tertiary/aromatic N) is 9. The number of amides is 1. The fraction of sp³-hybridized carbons (Fsp3) is 0.656. The van der Waals surface area contributed by atoms with E-state index in [1.54, 1.807) is 19.1 Å². The number of benzene rings is 1. The number of aryl methyl sites for hydroxylation is 1. The average molecular weight is 621 g/mol. The van der Waals surface area contributed by atoms with Gasteiger partial charge in [0.15, 0.2) is 5.82 Å². The minimum atomic E-state index is -2.69. The van der Waals surface area contributed by atoms with Crippen LogP contribution in [0, 0.1) is 5.41 Å². The number of likely N-dealkylation sites (tertiary alicyclic amines) is 1. The van der Waals surface area contributed by atoms with Crippen LogP contribution in [0.25, 0.3) is 5.69 Å². The van der Waals surface area contributed by atoms with Gasteiger partial charge in [-0.15, -0.1) is 5.10 Å². The van der Waals surface area contributed by atoms with Crippen LogP contribution < -0.4 is 10.2 Å². The molecule has 4 aliphatic heterocycles. The van der Waals surface area contributed by atoms with Crippen LogP contribution in [0.1, 0.15) is 86.7 Å². The molecule has 6 heterocycles. The predicted molar refractivity (Wildman–Crippen MR) is 164 cm³/mol. The Hall–Kier alpha value is -3.45. The van der Waals surface area contributed by atoms with Crippen molar-refractivity contribution in [1.82, 2.24) is 45.1 Å². The summed E-state index contributed by atoms with van der Waals surface area (Å²) < 4.78 is 32.4. The molecule has 1 saturated carbocycles. The van der Waals surface area contributed by atoms with Gasteiger partial charge in [-0.1, -0.05) is 0 Å². The molecule has 0 bridgehead atoms. The molecule has 3 aromatic rings. The SMILES string of the molecule is CC(=O)N1CCc2c(c(N3CCCc4cc(-n5cnnn5)c(C(F)F)cc43)nn2C2CCN(C3CCC4(CC3)CNC4)CC2)C1. The monoisotopic (exact) mass is 620 g/mol. The number of tetrazole rings is 1. The number of carbonyl (C=O) groups is 1. The van der Waals surface area contributed by atoms with Crippen LogP contribution in [0.4, 0.5) is 20.3 Å². The van der Waals surface area contributed by atoms with E-state index in [-0.39, 0.29) is 11.5 Å². The topological polar surface area (TPSA) is 100 Å². The molecule has 2 saturated heterocycles. The second-order valence-corrected chi connectivity index (χ2v) is 13.8. The highest BCUT2D eigenvalue weighted by molar-refractivity contribution is 5.75. The molecular weight excluding hydrogens is 578 g/mol. The molecule has 5 aliphatic rings. The summed E-state index contributed by atoms with van der Waals surface area (Å²) in [4.78, 5) is 19.2. The molecular formula is C32H42F2N10O. The van der Waals surface area contributed by atoms with Gasteiger partial charge in [-0.05, 0) is 84.9 Å². The van der Waals surface area contributed by atoms with E-state index >= 15 is 0 Å². The Morgan fingerprint density at radius 1 is 1.00 bits per heavy atom. The Balaban J connectivity index is 1.09. The van der Waals surface area contributed by atoms with Crippen LogP contribution in [-0.4, -0.2) is 91.0 Å². The fourth-order valence-electron chi connectivity index (χ4n) is 8.62. The molecule has 45 heavy (non-hydrogen) atoms. The number of halogens is 2. The van der Waals surface area contributed by atoms with Crippen molar-refractivity contribution in [3.05, 3.63) is 40.8 Å². The van der Waals surface area contributed by atoms with E-state index in [4.69, 9.17) is 5.10 Å². The molecule has 0 atom stereocenters. The Bertz CT molecular complexity index is 1550. The molecule has 8 rings (SSSR count). The highest BCUT2D eigenvalue weighted by atomic mass is 19.3. The molecule has 1 amide bonds. The van der Waals surface area contributed by atoms with Gasteiger partial charge in [-0.2, -0.15) is 5.10 Å². The maximum atomic E-state index is 14.4. The normalized spacial score (nSPS) is 22.5. The maximum Gasteiger partial charge on any atom is 0.266 e. The van der Waals surface area contributed by atoms with Gasteiger partial charge in [0.1, 0.15) is 6.33 Å². The van der Waals surface area contributed by atoms with Gasteiger partial charge in [0.2, 0.25) is 5.91 Å². The van der Waals surface area contributed by atoms with Crippen LogP contribution in [0.2, 0.25) is 0 Å². The van der Waals surface area contributed by atoms with Gasteiger partial charge in [0, 0.05) is 81.2 Å². The van der Waals surface area contributed by atoms with Crippen molar-refractivity contribution < 1.29 is 13.6 Å². The summed E-state index contributed by atoms with van der Waals surface area (Å²) in [7, 11) is 0. The lowest BCUT2D eigenvalue weighted by Gasteiger charge is -2.50. The lowest BCUT2D eigenvalue weighted by Crippen LogP contribution is -2.57. The van der Waals surface area contributed by atoms with Gasteiger partial charge in [-0.25, -0.2) is 13.5 Å². The van der Waals surface area contributed by atoms with Crippen LogP contribution in [0.15, 0.2) is 18.5 Å². The van der Waals surface area contributed by atoms with E-state index in [9.17, 15) is 13.6 Å². The zero-order valence-electron chi connectivity index (χ0n) is 26.0. The van der Waals surface area contributed by atoms with Crippen molar-refractivity contribution in [3.8, 4) is 5.69 Å². The summed E-state index contributed by atoms with van der Waals surface area (Å²) in [6.45, 7) is 8.01. The quantitative estimate of drug-likeness (QED) is 0.458. The van der Waals surface area contributed by atoms with E-state index in [1.807, 2.05) is 4.90 Å². The van der Waals surface area contributed by atoms with Crippen LogP contribution in [0.3, 0.4) is 0 Å². The predicted octanol–water partition coefficient (Wildman–Crippen LogP) is 3.95. The number of piperidine rings is 1. The second kappa shape index (κ2) is 11.4. The number of anilines is 2. The molecule has 0 radical (unpaired) electrons. The second-order valence-electron chi connectivity index (χ2n) is 13.8. The number of alkyl halides is 2. The number of aromatic nitrogens is 6. The fourth-order valence-corrected chi connectivity index (χ4v) is 8.62. The van der Waals surface area contributed by atoms with Gasteiger partial charge >= 0.3 is 0 Å². The molecule has 1 spiro atoms. The molecule has 1 aliphatic carbocycles. The van der Waals surface area contributed by atoms with Gasteiger partial charge < -0.3 is 20.0 Å². The molecule has 3 fully saturated rings. The molecule has 2 aromatic heterocycles. The Morgan fingerprint density at radius 2 is 1.80 bits per heavy atom. The number of carbonyl (C=O) groups excluding carboxylic acids is 1. The third-order valence-corrected chi connectivity index (χ3v) is 11.3. The molecule has 1 aromatic carbocycles. The largest absolute Gasteiger partial charge is 0.338 e. The number of hydrogen-bond donors (Lipinski definition) is 1. The highest BCUT2D eigenvalue weighted by Gasteiger charge is 2.42. The van der Waals surface area contributed by atoms with Crippen molar-refractivity contribution in [1.29, 1.82) is 0 Å². The Kier molecular flexibility index (Phi) is 7.35. The third-order valence-electron chi connectivity index (χ3n) is 11.3.